The fourth-order valence-electron chi connectivity index (χ4n) is 3.89. The Morgan fingerprint density at radius 3 is 1.89 bits per heavy atom. The average molecular weight is 393 g/mol. The van der Waals surface area contributed by atoms with Crippen LogP contribution in [0.3, 0.4) is 0 Å². The van der Waals surface area contributed by atoms with Gasteiger partial charge in [-0.2, -0.15) is 5.26 Å². The Bertz CT molecular complexity index is 846. The summed E-state index contributed by atoms with van der Waals surface area (Å²) < 4.78 is 59.9. The summed E-state index contributed by atoms with van der Waals surface area (Å²) in [5.74, 6) is -0.656. The largest absolute Gasteiger partial charge is 0.573 e. The lowest BCUT2D eigenvalue weighted by Gasteiger charge is -2.43. The van der Waals surface area contributed by atoms with Crippen LogP contribution in [0.25, 0.3) is 0 Å². The minimum atomic E-state index is -4.76. The van der Waals surface area contributed by atoms with Crippen molar-refractivity contribution in [3.63, 3.8) is 0 Å². The molecule has 3 nitrogen and oxygen atoms in total. The first-order valence-corrected chi connectivity index (χ1v) is 8.81. The summed E-state index contributed by atoms with van der Waals surface area (Å²) in [7, 11) is 1.59. The van der Waals surface area contributed by atoms with E-state index in [2.05, 4.69) is 10.8 Å². The van der Waals surface area contributed by atoms with E-state index in [0.29, 0.717) is 31.2 Å². The van der Waals surface area contributed by atoms with Crippen molar-refractivity contribution in [3.05, 3.63) is 65.5 Å². The van der Waals surface area contributed by atoms with Crippen LogP contribution >= 0.6 is 0 Å². The smallest absolute Gasteiger partial charge is 0.406 e. The molecule has 1 aliphatic carbocycles. The molecule has 0 unspecified atom stereocenters. The second kappa shape index (κ2) is 7.44. The van der Waals surface area contributed by atoms with Gasteiger partial charge in [0.05, 0.1) is 17.1 Å². The summed E-state index contributed by atoms with van der Waals surface area (Å²) >= 11 is 0. The topological polar surface area (TPSA) is 42.2 Å². The molecule has 0 amide bonds. The number of rotatable bonds is 4. The summed E-state index contributed by atoms with van der Waals surface area (Å²) in [6.45, 7) is 0. The van der Waals surface area contributed by atoms with Crippen molar-refractivity contribution in [1.29, 1.82) is 5.26 Å². The second-order valence-electron chi connectivity index (χ2n) is 6.97. The zero-order chi connectivity index (χ0) is 20.4. The Morgan fingerprint density at radius 2 is 1.43 bits per heavy atom. The van der Waals surface area contributed by atoms with Crippen molar-refractivity contribution in [3.8, 4) is 11.8 Å². The van der Waals surface area contributed by atoms with Gasteiger partial charge in [-0.15, -0.1) is 13.2 Å². The van der Waals surface area contributed by atoms with E-state index >= 15 is 0 Å². The Hall–Kier alpha value is -2.59. The maximum atomic E-state index is 13.3. The van der Waals surface area contributed by atoms with Crippen LogP contribution in [-0.2, 0) is 15.8 Å². The monoisotopic (exact) mass is 393 g/mol. The molecule has 2 aromatic carbocycles. The zero-order valence-electron chi connectivity index (χ0n) is 15.2. The van der Waals surface area contributed by atoms with Crippen LogP contribution in [0.1, 0.15) is 36.8 Å². The summed E-state index contributed by atoms with van der Waals surface area (Å²) in [5, 5.41) is 9.85. The van der Waals surface area contributed by atoms with Crippen molar-refractivity contribution in [1.82, 2.24) is 0 Å². The van der Waals surface area contributed by atoms with E-state index in [9.17, 15) is 22.8 Å². The molecule has 1 saturated carbocycles. The van der Waals surface area contributed by atoms with Gasteiger partial charge in [0.2, 0.25) is 0 Å². The van der Waals surface area contributed by atoms with Crippen LogP contribution in [0.2, 0.25) is 0 Å². The molecule has 0 aliphatic heterocycles. The molecule has 0 N–H and O–H groups in total. The first-order valence-electron chi connectivity index (χ1n) is 8.81. The Kier molecular flexibility index (Phi) is 5.35. The van der Waals surface area contributed by atoms with E-state index in [0.717, 1.165) is 5.56 Å². The lowest BCUT2D eigenvalue weighted by Crippen LogP contribution is -2.40. The van der Waals surface area contributed by atoms with Gasteiger partial charge in [0.15, 0.2) is 0 Å². The minimum Gasteiger partial charge on any atom is -0.406 e. The average Bonchev–Trinajstić information content (AvgIpc) is 2.68. The van der Waals surface area contributed by atoms with Crippen LogP contribution in [0.5, 0.6) is 5.75 Å². The van der Waals surface area contributed by atoms with Gasteiger partial charge in [0.1, 0.15) is 11.6 Å². The van der Waals surface area contributed by atoms with Crippen molar-refractivity contribution >= 4 is 0 Å². The molecule has 148 valence electrons. The number of halogens is 4. The quantitative estimate of drug-likeness (QED) is 0.635. The number of benzene rings is 2. The van der Waals surface area contributed by atoms with E-state index in [1.54, 1.807) is 19.2 Å². The molecule has 7 heteroatoms. The summed E-state index contributed by atoms with van der Waals surface area (Å²) in [5.41, 5.74) is 0.0526. The second-order valence-corrected chi connectivity index (χ2v) is 6.97. The summed E-state index contributed by atoms with van der Waals surface area (Å²) in [4.78, 5) is 0. The highest BCUT2D eigenvalue weighted by molar-refractivity contribution is 5.38. The maximum Gasteiger partial charge on any atom is 0.573 e. The number of methoxy groups -OCH3 is 1. The molecule has 0 atom stereocenters. The standard InChI is InChI=1S/C21H19F4NO2/c1-27-20(16-2-6-17(22)7-3-16)12-10-19(14-26,11-13-20)15-4-8-18(9-5-15)28-21(23,24)25/h2-9H,10-13H2,1H3. The zero-order valence-corrected chi connectivity index (χ0v) is 15.2. The molecule has 0 heterocycles. The van der Waals surface area contributed by atoms with Crippen LogP contribution in [0, 0.1) is 17.1 Å². The van der Waals surface area contributed by atoms with Crippen LogP contribution < -0.4 is 4.74 Å². The maximum absolute atomic E-state index is 13.3. The van der Waals surface area contributed by atoms with Gasteiger partial charge < -0.3 is 9.47 Å². The van der Waals surface area contributed by atoms with Crippen LogP contribution in [0.4, 0.5) is 17.6 Å². The predicted octanol–water partition coefficient (Wildman–Crippen LogP) is 5.60. The van der Waals surface area contributed by atoms with Gasteiger partial charge in [0, 0.05) is 7.11 Å². The van der Waals surface area contributed by atoms with E-state index in [1.165, 1.54) is 36.4 Å². The first kappa shape index (κ1) is 20.2. The number of hydrogen-bond donors (Lipinski definition) is 0. The molecule has 0 radical (unpaired) electrons. The van der Waals surface area contributed by atoms with Crippen molar-refractivity contribution in [2.45, 2.75) is 43.1 Å². The SMILES string of the molecule is COC1(c2ccc(F)cc2)CCC(C#N)(c2ccc(OC(F)(F)F)cc2)CC1. The molecule has 0 saturated heterocycles. The van der Waals surface area contributed by atoms with Gasteiger partial charge in [-0.05, 0) is 61.1 Å². The van der Waals surface area contributed by atoms with Gasteiger partial charge in [-0.25, -0.2) is 4.39 Å². The van der Waals surface area contributed by atoms with Crippen molar-refractivity contribution < 1.29 is 27.0 Å². The van der Waals surface area contributed by atoms with Crippen molar-refractivity contribution in [2.75, 3.05) is 7.11 Å². The molecule has 1 aliphatic rings. The predicted molar refractivity (Wildman–Crippen MR) is 94.0 cm³/mol. The fraction of sp³-hybridized carbons (Fsp3) is 0.381. The van der Waals surface area contributed by atoms with Gasteiger partial charge >= 0.3 is 6.36 Å². The number of nitriles is 1. The molecule has 0 spiro atoms. The number of ether oxygens (including phenoxy) is 2. The Labute approximate surface area is 160 Å². The summed E-state index contributed by atoms with van der Waals surface area (Å²) in [6, 6.07) is 13.9. The molecule has 0 aromatic heterocycles. The third-order valence-electron chi connectivity index (χ3n) is 5.53. The van der Waals surface area contributed by atoms with Crippen molar-refractivity contribution in [2.24, 2.45) is 0 Å². The molecule has 0 bridgehead atoms. The van der Waals surface area contributed by atoms with E-state index in [-0.39, 0.29) is 11.6 Å². The highest BCUT2D eigenvalue weighted by Crippen LogP contribution is 2.48. The first-order chi connectivity index (χ1) is 13.2. The molecule has 2 aromatic rings. The third kappa shape index (κ3) is 3.97. The fourth-order valence-corrected chi connectivity index (χ4v) is 3.89. The lowest BCUT2D eigenvalue weighted by atomic mass is 9.64. The number of hydrogen-bond acceptors (Lipinski definition) is 3. The van der Waals surface area contributed by atoms with E-state index in [1.807, 2.05) is 0 Å². The number of alkyl halides is 3. The van der Waals surface area contributed by atoms with Crippen LogP contribution in [-0.4, -0.2) is 13.5 Å². The normalized spacial score (nSPS) is 25.1. The molecular weight excluding hydrogens is 374 g/mol. The molecular formula is C21H19F4NO2. The lowest BCUT2D eigenvalue weighted by molar-refractivity contribution is -0.274. The summed E-state index contributed by atoms with van der Waals surface area (Å²) in [6.07, 6.45) is -2.76. The van der Waals surface area contributed by atoms with Gasteiger partial charge in [-0.3, -0.25) is 0 Å². The molecule has 28 heavy (non-hydrogen) atoms. The molecule has 1 fully saturated rings. The van der Waals surface area contributed by atoms with E-state index in [4.69, 9.17) is 4.74 Å². The van der Waals surface area contributed by atoms with Crippen LogP contribution in [0.15, 0.2) is 48.5 Å². The highest BCUT2D eigenvalue weighted by atomic mass is 19.4. The molecule has 3 rings (SSSR count). The minimum absolute atomic E-state index is 0.322. The van der Waals surface area contributed by atoms with Gasteiger partial charge in [-0.1, -0.05) is 24.3 Å². The van der Waals surface area contributed by atoms with Gasteiger partial charge in [0.25, 0.3) is 0 Å². The third-order valence-corrected chi connectivity index (χ3v) is 5.53. The number of nitrogens with zero attached hydrogens (tertiary/aromatic N) is 1. The Balaban J connectivity index is 1.81. The van der Waals surface area contributed by atoms with E-state index < -0.39 is 17.4 Å². The highest BCUT2D eigenvalue weighted by Gasteiger charge is 2.45. The Morgan fingerprint density at radius 1 is 0.893 bits per heavy atom.